The molecule has 1 aliphatic rings. The van der Waals surface area contributed by atoms with Gasteiger partial charge in [-0.15, -0.1) is 0 Å². The summed E-state index contributed by atoms with van der Waals surface area (Å²) in [6.45, 7) is 6.21. The molecule has 1 aliphatic heterocycles. The van der Waals surface area contributed by atoms with Crippen LogP contribution in [0.15, 0.2) is 24.3 Å². The second-order valence-electron chi connectivity index (χ2n) is 5.61. The number of anilines is 1. The number of para-hydroxylation sites is 2. The largest absolute Gasteiger partial charge is 0.379 e. The summed E-state index contributed by atoms with van der Waals surface area (Å²) in [5.74, 6) is 1.60. The smallest absolute Gasteiger partial charge is 0.150 e. The number of hydrogen-bond acceptors (Lipinski definition) is 4. The molecule has 0 radical (unpaired) electrons. The van der Waals surface area contributed by atoms with E-state index in [1.165, 1.54) is 0 Å². The molecule has 20 heavy (non-hydrogen) atoms. The maximum absolute atomic E-state index is 5.59. The first-order chi connectivity index (χ1) is 9.69. The monoisotopic (exact) mass is 271 g/mol. The van der Waals surface area contributed by atoms with E-state index in [0.29, 0.717) is 5.92 Å². The minimum Gasteiger partial charge on any atom is -0.379 e. The molecule has 0 amide bonds. The molecule has 4 heteroatoms. The van der Waals surface area contributed by atoms with Gasteiger partial charge in [-0.1, -0.05) is 19.1 Å². The number of benzene rings is 1. The molecule has 1 fully saturated rings. The number of rotatable bonds is 2. The Bertz CT molecular complexity index is 614. The average Bonchev–Trinajstić information content (AvgIpc) is 2.47. The van der Waals surface area contributed by atoms with Crippen LogP contribution in [0.5, 0.6) is 0 Å². The van der Waals surface area contributed by atoms with Crippen molar-refractivity contribution in [3.05, 3.63) is 30.0 Å². The number of hydrogen-bond donors (Lipinski definition) is 0. The van der Waals surface area contributed by atoms with Gasteiger partial charge in [-0.05, 0) is 31.4 Å². The van der Waals surface area contributed by atoms with Gasteiger partial charge in [0.2, 0.25) is 0 Å². The van der Waals surface area contributed by atoms with Crippen molar-refractivity contribution in [2.75, 3.05) is 25.1 Å². The number of ether oxygens (including phenoxy) is 1. The molecule has 1 aromatic heterocycles. The summed E-state index contributed by atoms with van der Waals surface area (Å²) in [7, 11) is 1.80. The Labute approximate surface area is 119 Å². The Morgan fingerprint density at radius 2 is 1.90 bits per heavy atom. The molecule has 2 heterocycles. The molecular weight excluding hydrogens is 250 g/mol. The van der Waals surface area contributed by atoms with Crippen molar-refractivity contribution in [2.45, 2.75) is 26.4 Å². The van der Waals surface area contributed by atoms with E-state index in [9.17, 15) is 0 Å². The summed E-state index contributed by atoms with van der Waals surface area (Å²) in [6.07, 6.45) is 1.41. The van der Waals surface area contributed by atoms with Crippen molar-refractivity contribution in [2.24, 2.45) is 5.92 Å². The quantitative estimate of drug-likeness (QED) is 0.842. The van der Waals surface area contributed by atoms with E-state index in [-0.39, 0.29) is 6.10 Å². The van der Waals surface area contributed by atoms with Gasteiger partial charge in [0.15, 0.2) is 5.82 Å². The summed E-state index contributed by atoms with van der Waals surface area (Å²) in [5, 5.41) is 0. The fraction of sp³-hybridized carbons (Fsp3) is 0.500. The lowest BCUT2D eigenvalue weighted by Crippen LogP contribution is -2.44. The zero-order chi connectivity index (χ0) is 14.1. The van der Waals surface area contributed by atoms with Gasteiger partial charge in [-0.3, -0.25) is 0 Å². The van der Waals surface area contributed by atoms with Crippen molar-refractivity contribution < 1.29 is 4.74 Å². The highest BCUT2D eigenvalue weighted by atomic mass is 16.5. The average molecular weight is 271 g/mol. The third-order valence-electron chi connectivity index (χ3n) is 4.21. The normalized spacial score (nSPS) is 23.2. The molecule has 2 unspecified atom stereocenters. The Morgan fingerprint density at radius 1 is 1.20 bits per heavy atom. The van der Waals surface area contributed by atoms with Gasteiger partial charge < -0.3 is 9.64 Å². The van der Waals surface area contributed by atoms with E-state index in [1.54, 1.807) is 7.11 Å². The first-order valence-electron chi connectivity index (χ1n) is 7.20. The molecule has 0 spiro atoms. The SMILES string of the molecule is COC1CN(c2nc3ccccc3nc2C)CCC1C. The van der Waals surface area contributed by atoms with Crippen molar-refractivity contribution in [3.63, 3.8) is 0 Å². The Hall–Kier alpha value is -1.68. The van der Waals surface area contributed by atoms with Crippen molar-refractivity contribution in [3.8, 4) is 0 Å². The predicted molar refractivity (Wildman–Crippen MR) is 81.1 cm³/mol. The van der Waals surface area contributed by atoms with Crippen LogP contribution in [0.4, 0.5) is 5.82 Å². The van der Waals surface area contributed by atoms with E-state index in [0.717, 1.165) is 42.1 Å². The van der Waals surface area contributed by atoms with Crippen LogP contribution in [-0.2, 0) is 4.74 Å². The molecule has 4 nitrogen and oxygen atoms in total. The van der Waals surface area contributed by atoms with Crippen molar-refractivity contribution >= 4 is 16.9 Å². The van der Waals surface area contributed by atoms with Gasteiger partial charge >= 0.3 is 0 Å². The van der Waals surface area contributed by atoms with E-state index in [2.05, 4.69) is 16.8 Å². The maximum atomic E-state index is 5.59. The van der Waals surface area contributed by atoms with Crippen LogP contribution in [0.25, 0.3) is 11.0 Å². The molecular formula is C16H21N3O. The number of nitrogens with zero attached hydrogens (tertiary/aromatic N) is 3. The first kappa shape index (κ1) is 13.3. The fourth-order valence-corrected chi connectivity index (χ4v) is 2.91. The fourth-order valence-electron chi connectivity index (χ4n) is 2.91. The Balaban J connectivity index is 1.95. The van der Waals surface area contributed by atoms with Gasteiger partial charge in [0.05, 0.1) is 22.8 Å². The number of piperidine rings is 1. The number of fused-ring (bicyclic) bond motifs is 1. The zero-order valence-electron chi connectivity index (χ0n) is 12.3. The van der Waals surface area contributed by atoms with Crippen LogP contribution in [-0.4, -0.2) is 36.3 Å². The number of aryl methyl sites for hydroxylation is 1. The zero-order valence-corrected chi connectivity index (χ0v) is 12.3. The summed E-state index contributed by atoms with van der Waals surface area (Å²) >= 11 is 0. The molecule has 0 saturated carbocycles. The molecule has 1 saturated heterocycles. The summed E-state index contributed by atoms with van der Waals surface area (Å²) in [4.78, 5) is 11.8. The molecule has 1 aromatic carbocycles. The predicted octanol–water partition coefficient (Wildman–Crippen LogP) is 2.80. The van der Waals surface area contributed by atoms with Crippen LogP contribution >= 0.6 is 0 Å². The third-order valence-corrected chi connectivity index (χ3v) is 4.21. The summed E-state index contributed by atoms with van der Waals surface area (Å²) in [5.41, 5.74) is 2.91. The molecule has 0 bridgehead atoms. The van der Waals surface area contributed by atoms with Gasteiger partial charge in [0.1, 0.15) is 0 Å². The van der Waals surface area contributed by atoms with E-state index < -0.39 is 0 Å². The Morgan fingerprint density at radius 3 is 2.60 bits per heavy atom. The van der Waals surface area contributed by atoms with Gasteiger partial charge in [-0.25, -0.2) is 9.97 Å². The summed E-state index contributed by atoms with van der Waals surface area (Å²) in [6, 6.07) is 8.03. The number of methoxy groups -OCH3 is 1. The molecule has 0 aliphatic carbocycles. The summed E-state index contributed by atoms with van der Waals surface area (Å²) < 4.78 is 5.59. The maximum Gasteiger partial charge on any atom is 0.150 e. The second-order valence-corrected chi connectivity index (χ2v) is 5.61. The minimum atomic E-state index is 0.274. The van der Waals surface area contributed by atoms with Crippen LogP contribution in [0.2, 0.25) is 0 Å². The lowest BCUT2D eigenvalue weighted by molar-refractivity contribution is 0.0496. The van der Waals surface area contributed by atoms with Crippen LogP contribution in [0.3, 0.4) is 0 Å². The van der Waals surface area contributed by atoms with Gasteiger partial charge in [0.25, 0.3) is 0 Å². The van der Waals surface area contributed by atoms with Crippen LogP contribution < -0.4 is 4.90 Å². The van der Waals surface area contributed by atoms with Crippen LogP contribution in [0.1, 0.15) is 19.0 Å². The van der Waals surface area contributed by atoms with E-state index >= 15 is 0 Å². The molecule has 106 valence electrons. The van der Waals surface area contributed by atoms with E-state index in [4.69, 9.17) is 9.72 Å². The molecule has 2 aromatic rings. The van der Waals surface area contributed by atoms with Crippen LogP contribution in [0, 0.1) is 12.8 Å². The second kappa shape index (κ2) is 5.37. The van der Waals surface area contributed by atoms with Crippen molar-refractivity contribution in [1.82, 2.24) is 9.97 Å². The van der Waals surface area contributed by atoms with E-state index in [1.807, 2.05) is 31.2 Å². The highest BCUT2D eigenvalue weighted by Crippen LogP contribution is 2.26. The highest BCUT2D eigenvalue weighted by molar-refractivity contribution is 5.76. The Kier molecular flexibility index (Phi) is 3.57. The third kappa shape index (κ3) is 2.36. The molecule has 3 rings (SSSR count). The number of aromatic nitrogens is 2. The minimum absolute atomic E-state index is 0.274. The standard InChI is InChI=1S/C16H21N3O/c1-11-8-9-19(10-15(11)20-3)16-12(2)17-13-6-4-5-7-14(13)18-16/h4-7,11,15H,8-10H2,1-3H3. The van der Waals surface area contributed by atoms with Crippen molar-refractivity contribution in [1.29, 1.82) is 0 Å². The lowest BCUT2D eigenvalue weighted by atomic mass is 9.96. The molecule has 2 atom stereocenters. The topological polar surface area (TPSA) is 38.2 Å². The van der Waals surface area contributed by atoms with Gasteiger partial charge in [0, 0.05) is 20.2 Å². The first-order valence-corrected chi connectivity index (χ1v) is 7.20. The lowest BCUT2D eigenvalue weighted by Gasteiger charge is -2.37. The highest BCUT2D eigenvalue weighted by Gasteiger charge is 2.27. The molecule has 0 N–H and O–H groups in total. The van der Waals surface area contributed by atoms with Gasteiger partial charge in [-0.2, -0.15) is 0 Å².